The van der Waals surface area contributed by atoms with E-state index in [0.717, 1.165) is 23.9 Å². The molecule has 1 rings (SSSR count). The molecule has 0 aromatic carbocycles. The smallest absolute Gasteiger partial charge is 0.0186 e. The van der Waals surface area contributed by atoms with E-state index < -0.39 is 0 Å². The van der Waals surface area contributed by atoms with Gasteiger partial charge in [0.15, 0.2) is 0 Å². The van der Waals surface area contributed by atoms with Crippen LogP contribution in [0.3, 0.4) is 0 Å². The van der Waals surface area contributed by atoms with Gasteiger partial charge in [0.2, 0.25) is 0 Å². The fourth-order valence-corrected chi connectivity index (χ4v) is 3.48. The predicted molar refractivity (Wildman–Crippen MR) is 75.3 cm³/mol. The summed E-state index contributed by atoms with van der Waals surface area (Å²) in [5.74, 6) is 1.30. The molecule has 3 atom stereocenters. The number of hydrogen-bond acceptors (Lipinski definition) is 3. The predicted octanol–water partition coefficient (Wildman–Crippen LogP) is 2.59. The summed E-state index contributed by atoms with van der Waals surface area (Å²) in [4.78, 5) is 2.69. The van der Waals surface area contributed by atoms with E-state index in [1.807, 2.05) is 0 Å². The minimum absolute atomic E-state index is 0.725. The molecule has 1 fully saturated rings. The fourth-order valence-electron chi connectivity index (χ4n) is 2.36. The van der Waals surface area contributed by atoms with Gasteiger partial charge in [-0.05, 0) is 39.8 Å². The van der Waals surface area contributed by atoms with Crippen LogP contribution in [0.15, 0.2) is 0 Å². The van der Waals surface area contributed by atoms with Crippen molar-refractivity contribution in [2.45, 2.75) is 57.9 Å². The van der Waals surface area contributed by atoms with Gasteiger partial charge < -0.3 is 5.32 Å². The molecule has 0 spiro atoms. The number of nitrogens with one attached hydrogen (secondary N) is 1. The lowest BCUT2D eigenvalue weighted by Crippen LogP contribution is -2.49. The molecule has 0 aromatic heterocycles. The Kier molecular flexibility index (Phi) is 6.78. The van der Waals surface area contributed by atoms with E-state index in [1.54, 1.807) is 0 Å². The van der Waals surface area contributed by atoms with E-state index in [2.05, 4.69) is 49.7 Å². The number of rotatable bonds is 6. The molecule has 0 aromatic rings. The molecule has 1 aliphatic heterocycles. The second-order valence-corrected chi connectivity index (χ2v) is 6.43. The van der Waals surface area contributed by atoms with Crippen LogP contribution in [0.5, 0.6) is 0 Å². The van der Waals surface area contributed by atoms with Crippen molar-refractivity contribution in [3.63, 3.8) is 0 Å². The lowest BCUT2D eigenvalue weighted by molar-refractivity contribution is 0.150. The zero-order chi connectivity index (χ0) is 12.0. The molecule has 1 saturated heterocycles. The fraction of sp³-hybridized carbons (Fsp3) is 1.00. The average Bonchev–Trinajstić information content (AvgIpc) is 2.28. The van der Waals surface area contributed by atoms with Crippen molar-refractivity contribution < 1.29 is 0 Å². The van der Waals surface area contributed by atoms with E-state index in [-0.39, 0.29) is 0 Å². The molecular formula is C13H28N2S. The van der Waals surface area contributed by atoms with Crippen molar-refractivity contribution in [1.82, 2.24) is 10.2 Å². The normalized spacial score (nSPS) is 29.2. The van der Waals surface area contributed by atoms with Crippen molar-refractivity contribution in [1.29, 1.82) is 0 Å². The molecule has 96 valence electrons. The minimum atomic E-state index is 0.725. The first kappa shape index (κ1) is 14.3. The van der Waals surface area contributed by atoms with Gasteiger partial charge >= 0.3 is 0 Å². The van der Waals surface area contributed by atoms with Gasteiger partial charge in [0.1, 0.15) is 0 Å². The average molecular weight is 244 g/mol. The van der Waals surface area contributed by atoms with Gasteiger partial charge in [-0.15, -0.1) is 0 Å². The van der Waals surface area contributed by atoms with Crippen LogP contribution in [0.2, 0.25) is 0 Å². The number of hydrogen-bond donors (Lipinski definition) is 1. The summed E-state index contributed by atoms with van der Waals surface area (Å²) < 4.78 is 0. The molecular weight excluding hydrogens is 216 g/mol. The van der Waals surface area contributed by atoms with Gasteiger partial charge in [0.25, 0.3) is 0 Å². The highest BCUT2D eigenvalue weighted by Crippen LogP contribution is 2.26. The molecule has 16 heavy (non-hydrogen) atoms. The quantitative estimate of drug-likeness (QED) is 0.723. The van der Waals surface area contributed by atoms with Crippen LogP contribution in [-0.2, 0) is 0 Å². The molecule has 0 radical (unpaired) electrons. The summed E-state index contributed by atoms with van der Waals surface area (Å²) in [7, 11) is 0. The van der Waals surface area contributed by atoms with E-state index in [1.165, 1.54) is 31.7 Å². The Morgan fingerprint density at radius 1 is 1.38 bits per heavy atom. The number of thioether (sulfide) groups is 1. The topological polar surface area (TPSA) is 15.3 Å². The van der Waals surface area contributed by atoms with Crippen LogP contribution in [0.1, 0.15) is 40.5 Å². The zero-order valence-corrected chi connectivity index (χ0v) is 12.1. The SMILES string of the molecule is CCCNCCC(C)N1CCSC(C)C1C. The summed E-state index contributed by atoms with van der Waals surface area (Å²) in [6.07, 6.45) is 2.52. The first-order valence-corrected chi connectivity index (χ1v) is 7.79. The Labute approximate surface area is 106 Å². The van der Waals surface area contributed by atoms with E-state index in [0.29, 0.717) is 0 Å². The molecule has 3 unspecified atom stereocenters. The van der Waals surface area contributed by atoms with Gasteiger partial charge in [-0.2, -0.15) is 11.8 Å². The second-order valence-electron chi connectivity index (χ2n) is 4.94. The van der Waals surface area contributed by atoms with Gasteiger partial charge in [0.05, 0.1) is 0 Å². The third kappa shape index (κ3) is 4.27. The maximum absolute atomic E-state index is 3.50. The molecule has 1 aliphatic rings. The Bertz CT molecular complexity index is 187. The van der Waals surface area contributed by atoms with Crippen LogP contribution in [-0.4, -0.2) is 47.6 Å². The monoisotopic (exact) mass is 244 g/mol. The van der Waals surface area contributed by atoms with Gasteiger partial charge in [-0.3, -0.25) is 4.90 Å². The van der Waals surface area contributed by atoms with Crippen LogP contribution >= 0.6 is 11.8 Å². The first-order chi connectivity index (χ1) is 7.66. The summed E-state index contributed by atoms with van der Waals surface area (Å²) in [6.45, 7) is 12.9. The molecule has 0 amide bonds. The summed E-state index contributed by atoms with van der Waals surface area (Å²) in [5, 5.41) is 4.29. The highest BCUT2D eigenvalue weighted by Gasteiger charge is 2.28. The lowest BCUT2D eigenvalue weighted by Gasteiger charge is -2.41. The molecule has 0 aliphatic carbocycles. The molecule has 2 nitrogen and oxygen atoms in total. The van der Waals surface area contributed by atoms with E-state index in [9.17, 15) is 0 Å². The van der Waals surface area contributed by atoms with Crippen molar-refractivity contribution in [3.8, 4) is 0 Å². The van der Waals surface area contributed by atoms with Gasteiger partial charge in [-0.1, -0.05) is 13.8 Å². The second kappa shape index (κ2) is 7.57. The molecule has 3 heteroatoms. The highest BCUT2D eigenvalue weighted by molar-refractivity contribution is 8.00. The highest BCUT2D eigenvalue weighted by atomic mass is 32.2. The Morgan fingerprint density at radius 2 is 2.12 bits per heavy atom. The number of nitrogens with zero attached hydrogens (tertiary/aromatic N) is 1. The van der Waals surface area contributed by atoms with Crippen molar-refractivity contribution in [3.05, 3.63) is 0 Å². The van der Waals surface area contributed by atoms with E-state index >= 15 is 0 Å². The van der Waals surface area contributed by atoms with Gasteiger partial charge in [-0.25, -0.2) is 0 Å². The molecule has 1 N–H and O–H groups in total. The minimum Gasteiger partial charge on any atom is -0.317 e. The maximum atomic E-state index is 3.50. The van der Waals surface area contributed by atoms with Crippen molar-refractivity contribution >= 4 is 11.8 Å². The molecule has 0 bridgehead atoms. The third-order valence-corrected chi connectivity index (χ3v) is 5.00. The lowest BCUT2D eigenvalue weighted by atomic mass is 10.1. The summed E-state index contributed by atoms with van der Waals surface area (Å²) in [5.41, 5.74) is 0. The Morgan fingerprint density at radius 3 is 2.81 bits per heavy atom. The maximum Gasteiger partial charge on any atom is 0.0186 e. The molecule has 0 saturated carbocycles. The zero-order valence-electron chi connectivity index (χ0n) is 11.3. The summed E-state index contributed by atoms with van der Waals surface area (Å²) >= 11 is 2.12. The van der Waals surface area contributed by atoms with Crippen molar-refractivity contribution in [2.24, 2.45) is 0 Å². The van der Waals surface area contributed by atoms with Crippen LogP contribution in [0.25, 0.3) is 0 Å². The Hall–Kier alpha value is 0.270. The summed E-state index contributed by atoms with van der Waals surface area (Å²) in [6, 6.07) is 1.46. The van der Waals surface area contributed by atoms with E-state index in [4.69, 9.17) is 0 Å². The third-order valence-electron chi connectivity index (χ3n) is 3.66. The largest absolute Gasteiger partial charge is 0.317 e. The standard InChI is InChI=1S/C13H28N2S/c1-5-7-14-8-6-11(2)15-9-10-16-13(4)12(15)3/h11-14H,5-10H2,1-4H3. The van der Waals surface area contributed by atoms with Crippen LogP contribution < -0.4 is 5.32 Å². The van der Waals surface area contributed by atoms with Gasteiger partial charge in [0, 0.05) is 29.6 Å². The Balaban J connectivity index is 2.26. The van der Waals surface area contributed by atoms with Crippen molar-refractivity contribution in [2.75, 3.05) is 25.4 Å². The van der Waals surface area contributed by atoms with Crippen LogP contribution in [0, 0.1) is 0 Å². The van der Waals surface area contributed by atoms with Crippen LogP contribution in [0.4, 0.5) is 0 Å². The first-order valence-electron chi connectivity index (χ1n) is 6.74. The molecule has 1 heterocycles.